The first-order valence-electron chi connectivity index (χ1n) is 8.44. The van der Waals surface area contributed by atoms with Crippen molar-refractivity contribution in [2.24, 2.45) is 10.1 Å². The molecule has 26 heavy (non-hydrogen) atoms. The van der Waals surface area contributed by atoms with Crippen molar-refractivity contribution in [3.8, 4) is 6.07 Å². The van der Waals surface area contributed by atoms with Gasteiger partial charge in [-0.2, -0.15) is 10.4 Å². The molecule has 1 spiro atoms. The van der Waals surface area contributed by atoms with E-state index in [0.29, 0.717) is 0 Å². The van der Waals surface area contributed by atoms with Crippen molar-refractivity contribution in [1.82, 2.24) is 5.01 Å². The normalized spacial score (nSPS) is 18.8. The zero-order valence-corrected chi connectivity index (χ0v) is 15.7. The number of nitriles is 1. The number of aliphatic imine (C=N–C) groups is 1. The van der Waals surface area contributed by atoms with Crippen LogP contribution in [-0.2, 0) is 5.54 Å². The average Bonchev–Trinajstić information content (AvgIpc) is 3.02. The van der Waals surface area contributed by atoms with E-state index in [1.54, 1.807) is 5.01 Å². The number of thioether (sulfide) groups is 1. The van der Waals surface area contributed by atoms with Gasteiger partial charge in [-0.1, -0.05) is 48.2 Å². The summed E-state index contributed by atoms with van der Waals surface area (Å²) in [5, 5.41) is 20.1. The number of hydrogen-bond donors (Lipinski definition) is 1. The van der Waals surface area contributed by atoms with Gasteiger partial charge in [0.05, 0.1) is 6.07 Å². The molecule has 2 heterocycles. The summed E-state index contributed by atoms with van der Waals surface area (Å²) in [6.45, 7) is 3.90. The van der Waals surface area contributed by atoms with E-state index in [1.807, 2.05) is 57.3 Å². The quantitative estimate of drug-likeness (QED) is 0.607. The summed E-state index contributed by atoms with van der Waals surface area (Å²) in [6, 6.07) is 18.7. The summed E-state index contributed by atoms with van der Waals surface area (Å²) in [6.07, 6.45) is 0. The van der Waals surface area contributed by atoms with Gasteiger partial charge in [0.1, 0.15) is 10.8 Å². The van der Waals surface area contributed by atoms with Crippen molar-refractivity contribution in [2.75, 3.05) is 12.4 Å². The fourth-order valence-electron chi connectivity index (χ4n) is 3.58. The highest BCUT2D eigenvalue weighted by Gasteiger charge is 2.52. The second kappa shape index (κ2) is 6.19. The summed E-state index contributed by atoms with van der Waals surface area (Å²) in [4.78, 5) is 5.10. The summed E-state index contributed by atoms with van der Waals surface area (Å²) in [7, 11) is 1.88. The number of nitrogens with one attached hydrogen (secondary N) is 1. The molecule has 0 aromatic heterocycles. The van der Waals surface area contributed by atoms with Crippen molar-refractivity contribution in [2.45, 2.75) is 24.6 Å². The van der Waals surface area contributed by atoms with Gasteiger partial charge >= 0.3 is 0 Å². The van der Waals surface area contributed by atoms with Crippen LogP contribution in [0.3, 0.4) is 0 Å². The van der Waals surface area contributed by atoms with E-state index in [4.69, 9.17) is 4.99 Å². The molecule has 1 N–H and O–H groups in total. The number of para-hydroxylation sites is 2. The van der Waals surface area contributed by atoms with Crippen LogP contribution >= 0.6 is 11.8 Å². The molecule has 2 aromatic rings. The minimum atomic E-state index is -0.737. The van der Waals surface area contributed by atoms with Crippen LogP contribution in [0.15, 0.2) is 58.6 Å². The summed E-state index contributed by atoms with van der Waals surface area (Å²) in [5.74, 6) is 0. The van der Waals surface area contributed by atoms with Gasteiger partial charge < -0.3 is 5.32 Å². The number of benzene rings is 2. The van der Waals surface area contributed by atoms with Crippen LogP contribution in [0.4, 0.5) is 11.4 Å². The van der Waals surface area contributed by atoms with Crippen molar-refractivity contribution in [3.05, 3.63) is 59.7 Å². The highest BCUT2D eigenvalue weighted by atomic mass is 32.2. The smallest absolute Gasteiger partial charge is 0.182 e. The Labute approximate surface area is 157 Å². The van der Waals surface area contributed by atoms with Crippen LogP contribution in [0.25, 0.3) is 0 Å². The number of fused-ring (bicyclic) bond motifs is 4. The maximum absolute atomic E-state index is 10.00. The van der Waals surface area contributed by atoms with Gasteiger partial charge in [0.25, 0.3) is 0 Å². The van der Waals surface area contributed by atoms with E-state index >= 15 is 0 Å². The predicted octanol–water partition coefficient (Wildman–Crippen LogP) is 4.31. The van der Waals surface area contributed by atoms with Crippen molar-refractivity contribution < 1.29 is 0 Å². The molecule has 0 fully saturated rings. The molecule has 0 aliphatic carbocycles. The molecule has 2 aliphatic heterocycles. The monoisotopic (exact) mass is 361 g/mol. The SMILES string of the molecule is CC(C)=NN(C)C1=NC2(c3ccccc3Nc3ccccc32)[C@H](C#N)S1. The first kappa shape index (κ1) is 16.7. The molecule has 6 heteroatoms. The van der Waals surface area contributed by atoms with Crippen LogP contribution in [0.2, 0.25) is 0 Å². The molecule has 0 amide bonds. The van der Waals surface area contributed by atoms with E-state index in [-0.39, 0.29) is 5.25 Å². The molecular weight excluding hydrogens is 342 g/mol. The minimum absolute atomic E-state index is 0.364. The molecule has 5 nitrogen and oxygen atoms in total. The lowest BCUT2D eigenvalue weighted by Gasteiger charge is -2.37. The minimum Gasteiger partial charge on any atom is -0.355 e. The van der Waals surface area contributed by atoms with Crippen molar-refractivity contribution >= 4 is 34.0 Å². The molecule has 0 unspecified atom stereocenters. The average molecular weight is 361 g/mol. The zero-order valence-electron chi connectivity index (χ0n) is 14.9. The number of amidine groups is 1. The van der Waals surface area contributed by atoms with Crippen LogP contribution in [0.1, 0.15) is 25.0 Å². The number of nitrogens with zero attached hydrogens (tertiary/aromatic N) is 4. The number of anilines is 2. The second-order valence-electron chi connectivity index (χ2n) is 6.57. The maximum Gasteiger partial charge on any atom is 0.182 e. The van der Waals surface area contributed by atoms with Crippen LogP contribution in [0, 0.1) is 11.3 Å². The molecule has 1 atom stereocenters. The van der Waals surface area contributed by atoms with Crippen LogP contribution < -0.4 is 5.32 Å². The fourth-order valence-corrected chi connectivity index (χ4v) is 4.71. The second-order valence-corrected chi connectivity index (χ2v) is 7.65. The van der Waals surface area contributed by atoms with Gasteiger partial charge in [-0.05, 0) is 26.0 Å². The summed E-state index contributed by atoms with van der Waals surface area (Å²) >= 11 is 1.47. The Morgan fingerprint density at radius 2 is 1.73 bits per heavy atom. The largest absolute Gasteiger partial charge is 0.355 e. The van der Waals surface area contributed by atoms with E-state index in [0.717, 1.165) is 33.4 Å². The van der Waals surface area contributed by atoms with Crippen LogP contribution in [0.5, 0.6) is 0 Å². The molecule has 0 bridgehead atoms. The van der Waals surface area contributed by atoms with Gasteiger partial charge in [0.15, 0.2) is 5.17 Å². The van der Waals surface area contributed by atoms with Gasteiger partial charge in [-0.15, -0.1) is 0 Å². The number of hydrazone groups is 1. The Bertz CT molecular complexity index is 923. The van der Waals surface area contributed by atoms with Crippen molar-refractivity contribution in [1.29, 1.82) is 5.26 Å². The van der Waals surface area contributed by atoms with E-state index < -0.39 is 5.54 Å². The fraction of sp³-hybridized carbons (Fsp3) is 0.250. The lowest BCUT2D eigenvalue weighted by Crippen LogP contribution is -2.37. The van der Waals surface area contributed by atoms with Crippen molar-refractivity contribution in [3.63, 3.8) is 0 Å². The molecule has 0 saturated carbocycles. The topological polar surface area (TPSA) is 63.8 Å². The molecule has 0 radical (unpaired) electrons. The molecule has 2 aliphatic rings. The third-order valence-corrected chi connectivity index (χ3v) is 5.81. The Kier molecular flexibility index (Phi) is 3.97. The van der Waals surface area contributed by atoms with Gasteiger partial charge in [0, 0.05) is 35.3 Å². The van der Waals surface area contributed by atoms with E-state index in [1.165, 1.54) is 11.8 Å². The van der Waals surface area contributed by atoms with E-state index in [9.17, 15) is 5.26 Å². The van der Waals surface area contributed by atoms with Gasteiger partial charge in [-0.3, -0.25) is 0 Å². The Hall–Kier alpha value is -2.78. The summed E-state index contributed by atoms with van der Waals surface area (Å²) in [5.41, 5.74) is 4.25. The Morgan fingerprint density at radius 3 is 2.27 bits per heavy atom. The molecule has 130 valence electrons. The Balaban J connectivity index is 1.98. The molecule has 2 aromatic carbocycles. The third kappa shape index (κ3) is 2.39. The predicted molar refractivity (Wildman–Crippen MR) is 108 cm³/mol. The lowest BCUT2D eigenvalue weighted by molar-refractivity contribution is 0.528. The number of hydrogen-bond acceptors (Lipinski definition) is 6. The highest BCUT2D eigenvalue weighted by Crippen LogP contribution is 2.55. The van der Waals surface area contributed by atoms with E-state index in [2.05, 4.69) is 28.6 Å². The Morgan fingerprint density at radius 1 is 1.15 bits per heavy atom. The maximum atomic E-state index is 10.00. The van der Waals surface area contributed by atoms with Gasteiger partial charge in [-0.25, -0.2) is 10.0 Å². The molecule has 4 rings (SSSR count). The zero-order chi connectivity index (χ0) is 18.3. The highest BCUT2D eigenvalue weighted by molar-refractivity contribution is 8.14. The van der Waals surface area contributed by atoms with Gasteiger partial charge in [0.2, 0.25) is 0 Å². The number of rotatable bonds is 1. The lowest BCUT2D eigenvalue weighted by atomic mass is 9.76. The molecule has 0 saturated heterocycles. The first-order chi connectivity index (χ1) is 12.6. The van der Waals surface area contributed by atoms with Crippen LogP contribution in [-0.4, -0.2) is 28.2 Å². The third-order valence-electron chi connectivity index (χ3n) is 4.56. The molecular formula is C20H19N5S. The first-order valence-corrected chi connectivity index (χ1v) is 9.32. The summed E-state index contributed by atoms with van der Waals surface area (Å²) < 4.78 is 0. The standard InChI is InChI=1S/C20H19N5S/c1-13(2)24-25(3)19-23-20(18(12-21)26-19)14-8-4-6-10-16(14)22-17-11-7-5-9-15(17)20/h4-11,18,22H,1-3H3/t18-/m0/s1.